The fraction of sp³-hybridized carbons (Fsp3) is 0.0137. The second-order valence-corrected chi connectivity index (χ2v) is 20.3. The number of hydrogen-bond acceptors (Lipinski definition) is 2. The minimum absolute atomic E-state index is 0.428. The van der Waals surface area contributed by atoms with E-state index in [9.17, 15) is 0 Å². The molecule has 16 rings (SSSR count). The van der Waals surface area contributed by atoms with Gasteiger partial charge in [-0.25, -0.2) is 0 Å². The van der Waals surface area contributed by atoms with Crippen LogP contribution in [0.5, 0.6) is 0 Å². The van der Waals surface area contributed by atoms with E-state index < -0.39 is 5.41 Å². The molecular formula is C73H46N2O. The van der Waals surface area contributed by atoms with E-state index in [1.54, 1.807) is 0 Å². The molecular weight excluding hydrogens is 921 g/mol. The SMILES string of the molecule is c1ccc(-c2ccc(N(c3cccc(-c4cccc5c4-c4ccccc4C54c5ccccc5-c5ccccc54)c3)c3cccc4oc5ccc(-c6ccc7c(c6)c6ccccc6n7-c6ccccc6)cc5c34)cc2)cc1. The van der Waals surface area contributed by atoms with Crippen LogP contribution in [0.15, 0.2) is 283 Å². The van der Waals surface area contributed by atoms with Gasteiger partial charge in [0.05, 0.1) is 27.5 Å². The Morgan fingerprint density at radius 1 is 0.316 bits per heavy atom. The predicted molar refractivity (Wildman–Crippen MR) is 315 cm³/mol. The Balaban J connectivity index is 0.880. The van der Waals surface area contributed by atoms with Crippen LogP contribution in [-0.2, 0) is 5.41 Å². The van der Waals surface area contributed by atoms with Gasteiger partial charge in [0.25, 0.3) is 0 Å². The summed E-state index contributed by atoms with van der Waals surface area (Å²) in [6.45, 7) is 0. The van der Waals surface area contributed by atoms with Crippen molar-refractivity contribution in [3.63, 3.8) is 0 Å². The van der Waals surface area contributed by atoms with E-state index in [1.807, 2.05) is 0 Å². The first-order valence-electron chi connectivity index (χ1n) is 26.2. The fourth-order valence-electron chi connectivity index (χ4n) is 13.2. The maximum atomic E-state index is 6.81. The highest BCUT2D eigenvalue weighted by Crippen LogP contribution is 2.64. The average Bonchev–Trinajstić information content (AvgIpc) is 4.41. The van der Waals surface area contributed by atoms with Gasteiger partial charge in [0, 0.05) is 33.2 Å². The zero-order valence-electron chi connectivity index (χ0n) is 41.4. The second kappa shape index (κ2) is 16.5. The van der Waals surface area contributed by atoms with E-state index in [-0.39, 0.29) is 0 Å². The number of nitrogens with zero attached hydrogens (tertiary/aromatic N) is 2. The standard InChI is InChI=1S/C73H46N2O/c1-3-18-47(19-4-1)48-36-40-53(41-37-48)74(54-23-15-20-51(44-54)55-28-16-32-65-71(55)59-27-9-13-31-64(59)73(65)62-29-11-7-24-56(62)57-25-8-12-30-63(57)73)68-34-17-35-70-72(68)61-46-50(39-43-69(61)76-70)49-38-42-67-60(45-49)58-26-10-14-33-66(58)75(67)52-21-5-2-6-22-52/h1-46H. The summed E-state index contributed by atoms with van der Waals surface area (Å²) in [5, 5.41) is 4.58. The molecule has 12 aromatic carbocycles. The number of rotatable bonds is 7. The zero-order valence-corrected chi connectivity index (χ0v) is 41.4. The van der Waals surface area contributed by atoms with Crippen molar-refractivity contribution in [3.8, 4) is 61.3 Å². The number of benzene rings is 12. The van der Waals surface area contributed by atoms with E-state index >= 15 is 0 Å². The van der Waals surface area contributed by atoms with Gasteiger partial charge in [-0.15, -0.1) is 0 Å². The van der Waals surface area contributed by atoms with Crippen molar-refractivity contribution >= 4 is 60.8 Å². The topological polar surface area (TPSA) is 21.3 Å². The number of aromatic nitrogens is 1. The molecule has 2 aromatic heterocycles. The molecule has 3 nitrogen and oxygen atoms in total. The molecule has 0 bridgehead atoms. The molecule has 0 radical (unpaired) electrons. The number of fused-ring (bicyclic) bond motifs is 16. The minimum Gasteiger partial charge on any atom is -0.456 e. The average molecular weight is 967 g/mol. The normalized spacial score (nSPS) is 12.8. The predicted octanol–water partition coefficient (Wildman–Crippen LogP) is 19.5. The van der Waals surface area contributed by atoms with Crippen molar-refractivity contribution in [1.82, 2.24) is 4.57 Å². The molecule has 0 N–H and O–H groups in total. The van der Waals surface area contributed by atoms with Crippen LogP contribution in [0.2, 0.25) is 0 Å². The van der Waals surface area contributed by atoms with E-state index in [2.05, 4.69) is 289 Å². The smallest absolute Gasteiger partial charge is 0.137 e. The molecule has 0 saturated carbocycles. The lowest BCUT2D eigenvalue weighted by Crippen LogP contribution is -2.25. The van der Waals surface area contributed by atoms with E-state index in [4.69, 9.17) is 4.42 Å². The van der Waals surface area contributed by atoms with Gasteiger partial charge in [-0.1, -0.05) is 200 Å². The third kappa shape index (κ3) is 6.11. The van der Waals surface area contributed by atoms with E-state index in [0.717, 1.165) is 61.4 Å². The first kappa shape index (κ1) is 42.5. The number of furan rings is 1. The van der Waals surface area contributed by atoms with Gasteiger partial charge in [0.1, 0.15) is 11.2 Å². The summed E-state index contributed by atoms with van der Waals surface area (Å²) < 4.78 is 9.18. The summed E-state index contributed by atoms with van der Waals surface area (Å²) >= 11 is 0. The Kier molecular flexibility index (Phi) is 9.25. The summed E-state index contributed by atoms with van der Waals surface area (Å²) in [7, 11) is 0. The molecule has 2 heterocycles. The molecule has 354 valence electrons. The Bertz CT molecular complexity index is 4590. The van der Waals surface area contributed by atoms with Gasteiger partial charge in [0.2, 0.25) is 0 Å². The molecule has 0 unspecified atom stereocenters. The van der Waals surface area contributed by atoms with E-state index in [1.165, 1.54) is 83.0 Å². The van der Waals surface area contributed by atoms with Crippen LogP contribution in [0.25, 0.3) is 105 Å². The van der Waals surface area contributed by atoms with Crippen LogP contribution in [0, 0.1) is 0 Å². The quantitative estimate of drug-likeness (QED) is 0.159. The Morgan fingerprint density at radius 2 is 0.868 bits per heavy atom. The van der Waals surface area contributed by atoms with Crippen LogP contribution >= 0.6 is 0 Å². The van der Waals surface area contributed by atoms with Crippen molar-refractivity contribution < 1.29 is 4.42 Å². The summed E-state index contributed by atoms with van der Waals surface area (Å²) in [5.74, 6) is 0. The molecule has 76 heavy (non-hydrogen) atoms. The summed E-state index contributed by atoms with van der Waals surface area (Å²) in [5.41, 5.74) is 25.5. The minimum atomic E-state index is -0.428. The summed E-state index contributed by atoms with van der Waals surface area (Å²) in [6, 6.07) is 102. The summed E-state index contributed by atoms with van der Waals surface area (Å²) in [6.07, 6.45) is 0. The molecule has 1 spiro atoms. The van der Waals surface area contributed by atoms with Crippen molar-refractivity contribution in [3.05, 3.63) is 301 Å². The molecule has 2 aliphatic carbocycles. The van der Waals surface area contributed by atoms with Crippen LogP contribution < -0.4 is 4.90 Å². The van der Waals surface area contributed by atoms with Crippen LogP contribution in [0.3, 0.4) is 0 Å². The Hall–Kier alpha value is -9.96. The number of hydrogen-bond donors (Lipinski definition) is 0. The van der Waals surface area contributed by atoms with Crippen molar-refractivity contribution in [2.45, 2.75) is 5.41 Å². The van der Waals surface area contributed by atoms with Crippen LogP contribution in [0.1, 0.15) is 22.3 Å². The van der Waals surface area contributed by atoms with Gasteiger partial charge in [0.15, 0.2) is 0 Å². The molecule has 0 atom stereocenters. The largest absolute Gasteiger partial charge is 0.456 e. The lowest BCUT2D eigenvalue weighted by molar-refractivity contribution is 0.669. The highest BCUT2D eigenvalue weighted by atomic mass is 16.3. The third-order valence-corrected chi connectivity index (χ3v) is 16.4. The monoisotopic (exact) mass is 966 g/mol. The molecule has 14 aromatic rings. The molecule has 0 aliphatic heterocycles. The van der Waals surface area contributed by atoms with Gasteiger partial charge < -0.3 is 13.9 Å². The number of anilines is 3. The van der Waals surface area contributed by atoms with Gasteiger partial charge in [-0.3, -0.25) is 0 Å². The lowest BCUT2D eigenvalue weighted by Gasteiger charge is -2.30. The maximum absolute atomic E-state index is 6.81. The second-order valence-electron chi connectivity index (χ2n) is 20.3. The first-order valence-corrected chi connectivity index (χ1v) is 26.2. The van der Waals surface area contributed by atoms with Crippen molar-refractivity contribution in [2.24, 2.45) is 0 Å². The van der Waals surface area contributed by atoms with Crippen LogP contribution in [0.4, 0.5) is 17.1 Å². The molecule has 3 heteroatoms. The van der Waals surface area contributed by atoms with E-state index in [0.29, 0.717) is 0 Å². The number of para-hydroxylation sites is 2. The van der Waals surface area contributed by atoms with Crippen LogP contribution in [-0.4, -0.2) is 4.57 Å². The van der Waals surface area contributed by atoms with Gasteiger partial charge >= 0.3 is 0 Å². The highest BCUT2D eigenvalue weighted by molar-refractivity contribution is 6.15. The lowest BCUT2D eigenvalue weighted by atomic mass is 9.70. The summed E-state index contributed by atoms with van der Waals surface area (Å²) in [4.78, 5) is 2.43. The van der Waals surface area contributed by atoms with Gasteiger partial charge in [-0.05, 0) is 157 Å². The zero-order chi connectivity index (χ0) is 49.9. The molecule has 0 amide bonds. The van der Waals surface area contributed by atoms with Gasteiger partial charge in [-0.2, -0.15) is 0 Å². The third-order valence-electron chi connectivity index (χ3n) is 16.4. The van der Waals surface area contributed by atoms with Crippen molar-refractivity contribution in [1.29, 1.82) is 0 Å². The molecule has 0 saturated heterocycles. The first-order chi connectivity index (χ1) is 37.7. The fourth-order valence-corrected chi connectivity index (χ4v) is 13.2. The Labute approximate surface area is 440 Å². The van der Waals surface area contributed by atoms with Crippen molar-refractivity contribution in [2.75, 3.05) is 4.90 Å². The molecule has 2 aliphatic rings. The Morgan fingerprint density at radius 3 is 1.64 bits per heavy atom. The maximum Gasteiger partial charge on any atom is 0.137 e. The molecule has 0 fully saturated rings. The highest BCUT2D eigenvalue weighted by Gasteiger charge is 2.52.